The molecule has 0 amide bonds. The Morgan fingerprint density at radius 1 is 1.33 bits per heavy atom. The van der Waals surface area contributed by atoms with Crippen LogP contribution in [0.4, 0.5) is 0 Å². The van der Waals surface area contributed by atoms with Crippen molar-refractivity contribution in [3.05, 3.63) is 34.9 Å². The zero-order valence-corrected chi connectivity index (χ0v) is 9.60. The predicted octanol–water partition coefficient (Wildman–Crippen LogP) is 1.07. The Labute approximate surface area is 93.3 Å². The predicted molar refractivity (Wildman–Crippen MR) is 58.6 cm³/mol. The van der Waals surface area contributed by atoms with Gasteiger partial charge in [-0.05, 0) is 24.3 Å². The molecule has 82 valence electrons. The van der Waals surface area contributed by atoms with Gasteiger partial charge in [-0.2, -0.15) is 0 Å². The van der Waals surface area contributed by atoms with Crippen molar-refractivity contribution in [3.63, 3.8) is 0 Å². The largest absolute Gasteiger partial charge is 0.293 e. The molecular weight excluding hydrogens is 238 g/mol. The van der Waals surface area contributed by atoms with E-state index in [1.807, 2.05) is 0 Å². The molecule has 0 atom stereocenters. The molecule has 1 aromatic rings. The molecule has 6 heteroatoms. The average molecular weight is 248 g/mol. The minimum absolute atomic E-state index is 0.236. The van der Waals surface area contributed by atoms with Crippen LogP contribution in [0.5, 0.6) is 0 Å². The number of carbonyl (C=O) groups is 1. The number of sulfonamides is 1. The van der Waals surface area contributed by atoms with Crippen molar-refractivity contribution < 1.29 is 13.2 Å². The number of Topliss-reactive ketones (excluding diaryl/α,β-unsaturated/α-hetero) is 1. The van der Waals surface area contributed by atoms with Crippen LogP contribution >= 0.6 is 11.6 Å². The van der Waals surface area contributed by atoms with Gasteiger partial charge >= 0.3 is 0 Å². The maximum Gasteiger partial charge on any atom is 0.209 e. The number of halogens is 1. The number of benzene rings is 1. The topological polar surface area (TPSA) is 63.2 Å². The van der Waals surface area contributed by atoms with Crippen molar-refractivity contribution in [1.82, 2.24) is 4.72 Å². The van der Waals surface area contributed by atoms with Crippen LogP contribution in [0, 0.1) is 0 Å². The Kier molecular flexibility index (Phi) is 3.84. The van der Waals surface area contributed by atoms with Crippen molar-refractivity contribution in [2.75, 3.05) is 12.8 Å². The second-order valence-electron chi connectivity index (χ2n) is 3.02. The Morgan fingerprint density at radius 2 is 1.87 bits per heavy atom. The molecule has 0 fully saturated rings. The minimum atomic E-state index is -3.33. The normalized spacial score (nSPS) is 11.3. The summed E-state index contributed by atoms with van der Waals surface area (Å²) < 4.78 is 23.6. The Morgan fingerprint density at radius 3 is 2.33 bits per heavy atom. The number of carbonyl (C=O) groups excluding carboxylic acids is 1. The Bertz CT molecular complexity index is 453. The lowest BCUT2D eigenvalue weighted by molar-refractivity contribution is 0.0997. The van der Waals surface area contributed by atoms with Crippen LogP contribution in [0.2, 0.25) is 5.02 Å². The molecule has 0 spiro atoms. The summed E-state index contributed by atoms with van der Waals surface area (Å²) in [6.07, 6.45) is 1.00. The molecule has 0 radical (unpaired) electrons. The van der Waals surface area contributed by atoms with E-state index in [1.165, 1.54) is 0 Å². The van der Waals surface area contributed by atoms with Crippen molar-refractivity contribution in [2.24, 2.45) is 0 Å². The van der Waals surface area contributed by atoms with E-state index in [4.69, 9.17) is 11.6 Å². The Hall–Kier alpha value is -0.910. The van der Waals surface area contributed by atoms with Crippen molar-refractivity contribution in [2.45, 2.75) is 0 Å². The summed E-state index contributed by atoms with van der Waals surface area (Å²) in [6, 6.07) is 6.26. The summed E-state index contributed by atoms with van der Waals surface area (Å²) in [6.45, 7) is -0.236. The fourth-order valence-corrected chi connectivity index (χ4v) is 1.45. The number of hydrogen-bond acceptors (Lipinski definition) is 3. The van der Waals surface area contributed by atoms with Crippen molar-refractivity contribution in [1.29, 1.82) is 0 Å². The van der Waals surface area contributed by atoms with Crippen molar-refractivity contribution in [3.8, 4) is 0 Å². The van der Waals surface area contributed by atoms with Gasteiger partial charge in [-0.15, -0.1) is 0 Å². The van der Waals surface area contributed by atoms with Crippen LogP contribution in [0.25, 0.3) is 0 Å². The highest BCUT2D eigenvalue weighted by Gasteiger charge is 2.08. The maximum atomic E-state index is 11.4. The van der Waals surface area contributed by atoms with Gasteiger partial charge < -0.3 is 0 Å². The highest BCUT2D eigenvalue weighted by molar-refractivity contribution is 7.88. The van der Waals surface area contributed by atoms with Gasteiger partial charge in [-0.25, -0.2) is 13.1 Å². The molecule has 0 saturated carbocycles. The average Bonchev–Trinajstić information content (AvgIpc) is 2.14. The van der Waals surface area contributed by atoms with E-state index in [0.717, 1.165) is 6.26 Å². The molecule has 15 heavy (non-hydrogen) atoms. The first-order chi connectivity index (χ1) is 6.88. The van der Waals surface area contributed by atoms with Crippen LogP contribution in [-0.4, -0.2) is 27.0 Å². The summed E-state index contributed by atoms with van der Waals surface area (Å²) in [5, 5.41) is 0.530. The molecule has 0 saturated heterocycles. The number of nitrogens with one attached hydrogen (secondary N) is 1. The molecule has 0 aliphatic carbocycles. The van der Waals surface area contributed by atoms with E-state index in [0.29, 0.717) is 10.6 Å². The maximum absolute atomic E-state index is 11.4. The third-order valence-electron chi connectivity index (χ3n) is 1.66. The molecular formula is C9H10ClNO3S. The molecule has 1 rings (SSSR count). The first kappa shape index (κ1) is 12.2. The van der Waals surface area contributed by atoms with Crippen LogP contribution in [0.3, 0.4) is 0 Å². The summed E-state index contributed by atoms with van der Waals surface area (Å²) in [7, 11) is -3.33. The van der Waals surface area contributed by atoms with E-state index in [2.05, 4.69) is 4.72 Å². The Balaban J connectivity index is 2.66. The monoisotopic (exact) mass is 247 g/mol. The molecule has 0 aliphatic rings. The van der Waals surface area contributed by atoms with Gasteiger partial charge in [-0.1, -0.05) is 11.6 Å². The van der Waals surface area contributed by atoms with Crippen LogP contribution in [0.15, 0.2) is 24.3 Å². The number of hydrogen-bond donors (Lipinski definition) is 1. The van der Waals surface area contributed by atoms with Gasteiger partial charge in [-0.3, -0.25) is 4.79 Å². The standard InChI is InChI=1S/C9H10ClNO3S/c1-15(13,14)11-6-9(12)7-2-4-8(10)5-3-7/h2-5,11H,6H2,1H3. The van der Waals surface area contributed by atoms with E-state index in [1.54, 1.807) is 24.3 Å². The SMILES string of the molecule is CS(=O)(=O)NCC(=O)c1ccc(Cl)cc1. The first-order valence-corrected chi connectivity index (χ1v) is 6.39. The van der Waals surface area contributed by atoms with E-state index in [-0.39, 0.29) is 12.3 Å². The molecule has 0 heterocycles. The van der Waals surface area contributed by atoms with E-state index < -0.39 is 10.0 Å². The summed E-state index contributed by atoms with van der Waals surface area (Å²) in [5.74, 6) is -0.294. The van der Waals surface area contributed by atoms with Crippen LogP contribution in [-0.2, 0) is 10.0 Å². The van der Waals surface area contributed by atoms with Gasteiger partial charge in [0.25, 0.3) is 0 Å². The zero-order chi connectivity index (χ0) is 11.5. The summed E-state index contributed by atoms with van der Waals surface area (Å²) in [5.41, 5.74) is 0.426. The summed E-state index contributed by atoms with van der Waals surface area (Å²) >= 11 is 5.64. The van der Waals surface area contributed by atoms with E-state index >= 15 is 0 Å². The van der Waals surface area contributed by atoms with Gasteiger partial charge in [0.05, 0.1) is 12.8 Å². The second-order valence-corrected chi connectivity index (χ2v) is 5.29. The highest BCUT2D eigenvalue weighted by atomic mass is 35.5. The quantitative estimate of drug-likeness (QED) is 0.810. The van der Waals surface area contributed by atoms with Crippen molar-refractivity contribution >= 4 is 27.4 Å². The fraction of sp³-hybridized carbons (Fsp3) is 0.222. The number of ketones is 1. The third-order valence-corrected chi connectivity index (χ3v) is 2.58. The van der Waals surface area contributed by atoms with Crippen LogP contribution in [0.1, 0.15) is 10.4 Å². The van der Waals surface area contributed by atoms with Gasteiger partial charge in [0.15, 0.2) is 5.78 Å². The molecule has 4 nitrogen and oxygen atoms in total. The lowest BCUT2D eigenvalue weighted by Gasteiger charge is -2.01. The zero-order valence-electron chi connectivity index (χ0n) is 8.03. The summed E-state index contributed by atoms with van der Waals surface area (Å²) in [4.78, 5) is 11.4. The smallest absolute Gasteiger partial charge is 0.209 e. The lowest BCUT2D eigenvalue weighted by Crippen LogP contribution is -2.28. The molecule has 0 aromatic heterocycles. The minimum Gasteiger partial charge on any atom is -0.293 e. The highest BCUT2D eigenvalue weighted by Crippen LogP contribution is 2.09. The van der Waals surface area contributed by atoms with Gasteiger partial charge in [0, 0.05) is 10.6 Å². The van der Waals surface area contributed by atoms with Crippen LogP contribution < -0.4 is 4.72 Å². The lowest BCUT2D eigenvalue weighted by atomic mass is 10.1. The number of rotatable bonds is 4. The second kappa shape index (κ2) is 4.74. The molecule has 0 unspecified atom stereocenters. The molecule has 1 aromatic carbocycles. The van der Waals surface area contributed by atoms with E-state index in [9.17, 15) is 13.2 Å². The molecule has 1 N–H and O–H groups in total. The molecule has 0 bridgehead atoms. The van der Waals surface area contributed by atoms with Gasteiger partial charge in [0.2, 0.25) is 10.0 Å². The first-order valence-electron chi connectivity index (χ1n) is 4.12. The molecule has 0 aliphatic heterocycles. The fourth-order valence-electron chi connectivity index (χ4n) is 0.934. The van der Waals surface area contributed by atoms with Gasteiger partial charge in [0.1, 0.15) is 0 Å². The third kappa shape index (κ3) is 4.42.